The number of fused-ring (bicyclic) bond motifs is 7. The van der Waals surface area contributed by atoms with E-state index in [9.17, 15) is 0 Å². The van der Waals surface area contributed by atoms with Crippen molar-refractivity contribution in [2.75, 3.05) is 0 Å². The number of nitrogens with zero attached hydrogens (tertiary/aromatic N) is 5. The van der Waals surface area contributed by atoms with Gasteiger partial charge in [-0.15, -0.1) is 0 Å². The maximum atomic E-state index is 8.80. The van der Waals surface area contributed by atoms with Crippen LogP contribution in [0.3, 0.4) is 0 Å². The normalized spacial score (nSPS) is 13.0. The van der Waals surface area contributed by atoms with Gasteiger partial charge >= 0.3 is 0 Å². The van der Waals surface area contributed by atoms with Crippen molar-refractivity contribution in [2.24, 2.45) is 0 Å². The zero-order valence-corrected chi connectivity index (χ0v) is 26.6. The van der Waals surface area contributed by atoms with Gasteiger partial charge in [-0.25, -0.2) is 4.98 Å². The Bertz CT molecular complexity index is 3130. The number of hydrogen-bond donors (Lipinski definition) is 0. The van der Waals surface area contributed by atoms with Gasteiger partial charge in [-0.3, -0.25) is 4.57 Å². The van der Waals surface area contributed by atoms with E-state index >= 15 is 0 Å². The largest absolute Gasteiger partial charge is 0.308 e. The molecular formula is C45H29N5. The monoisotopic (exact) mass is 644 g/mol. The summed E-state index contributed by atoms with van der Waals surface area (Å²) in [6.07, 6.45) is 0. The van der Waals surface area contributed by atoms with Crippen molar-refractivity contribution < 1.29 is 6.85 Å². The van der Waals surface area contributed by atoms with Crippen LogP contribution in [0.5, 0.6) is 0 Å². The summed E-state index contributed by atoms with van der Waals surface area (Å²) < 4.78 is 47.0. The van der Waals surface area contributed by atoms with E-state index in [1.54, 1.807) is 0 Å². The quantitative estimate of drug-likeness (QED) is 0.187. The van der Waals surface area contributed by atoms with Gasteiger partial charge in [0, 0.05) is 38.2 Å². The fourth-order valence-corrected chi connectivity index (χ4v) is 7.16. The summed E-state index contributed by atoms with van der Waals surface area (Å²) in [5.41, 5.74) is 7.63. The third kappa shape index (κ3) is 4.37. The number of aromatic nitrogens is 5. The fraction of sp³-hybridized carbons (Fsp3) is 0. The van der Waals surface area contributed by atoms with Gasteiger partial charge in [0.15, 0.2) is 11.6 Å². The average Bonchev–Trinajstić information content (AvgIpc) is 3.76. The zero-order chi connectivity index (χ0) is 37.4. The molecule has 0 unspecified atom stereocenters. The lowest BCUT2D eigenvalue weighted by Gasteiger charge is -2.15. The van der Waals surface area contributed by atoms with E-state index in [0.29, 0.717) is 11.4 Å². The molecule has 0 fully saturated rings. The maximum Gasteiger partial charge on any atom is 0.238 e. The molecule has 0 aliphatic carbocycles. The van der Waals surface area contributed by atoms with Crippen LogP contribution in [0.2, 0.25) is 0 Å². The first-order valence-corrected chi connectivity index (χ1v) is 16.4. The van der Waals surface area contributed by atoms with Crippen molar-refractivity contribution in [3.05, 3.63) is 176 Å². The molecule has 0 aliphatic rings. The Morgan fingerprint density at radius 3 is 1.78 bits per heavy atom. The Kier molecular flexibility index (Phi) is 5.35. The van der Waals surface area contributed by atoms with E-state index < -0.39 is 18.1 Å². The summed E-state index contributed by atoms with van der Waals surface area (Å²) in [5, 5.41) is 4.19. The molecular weight excluding hydrogens is 611 g/mol. The Hall–Kier alpha value is -6.85. The summed E-state index contributed by atoms with van der Waals surface area (Å²) in [5.74, 6) is 0.553. The number of rotatable bonds is 5. The Labute approximate surface area is 295 Å². The summed E-state index contributed by atoms with van der Waals surface area (Å²) >= 11 is 0. The highest BCUT2D eigenvalue weighted by Crippen LogP contribution is 2.43. The van der Waals surface area contributed by atoms with Crippen molar-refractivity contribution in [3.8, 4) is 45.5 Å². The molecule has 0 aliphatic heterocycles. The summed E-state index contributed by atoms with van der Waals surface area (Å²) in [6.45, 7) is 0. The third-order valence-electron chi connectivity index (χ3n) is 9.28. The van der Waals surface area contributed by atoms with Crippen molar-refractivity contribution in [3.63, 3.8) is 0 Å². The lowest BCUT2D eigenvalue weighted by molar-refractivity contribution is 0.953. The Balaban J connectivity index is 1.34. The second kappa shape index (κ2) is 11.4. The summed E-state index contributed by atoms with van der Waals surface area (Å²) in [6, 6.07) is 47.0. The topological polar surface area (TPSA) is 48.5 Å². The van der Waals surface area contributed by atoms with Crippen molar-refractivity contribution in [1.29, 1.82) is 0 Å². The van der Waals surface area contributed by atoms with Crippen LogP contribution < -0.4 is 0 Å². The molecule has 0 saturated carbocycles. The SMILES string of the molecule is [2H]c1c([2H])c([2H])c(-c2nc(-c3ccccc3)nc(-n3c4ccccc4c4c3ccc3c5ccccc5n(-c5ccccc5-c5ccccc5)c34)n2)c([2H])c1[2H]. The highest BCUT2D eigenvalue weighted by Gasteiger charge is 2.23. The van der Waals surface area contributed by atoms with Gasteiger partial charge in [0.2, 0.25) is 5.95 Å². The van der Waals surface area contributed by atoms with Crippen LogP contribution in [0.1, 0.15) is 6.85 Å². The molecule has 0 spiro atoms. The van der Waals surface area contributed by atoms with Crippen molar-refractivity contribution >= 4 is 43.6 Å². The highest BCUT2D eigenvalue weighted by molar-refractivity contribution is 6.26. The highest BCUT2D eigenvalue weighted by atomic mass is 15.2. The Morgan fingerprint density at radius 2 is 1.02 bits per heavy atom. The number of hydrogen-bond acceptors (Lipinski definition) is 3. The van der Waals surface area contributed by atoms with Gasteiger partial charge in [-0.2, -0.15) is 9.97 Å². The second-order valence-corrected chi connectivity index (χ2v) is 12.1. The zero-order valence-electron chi connectivity index (χ0n) is 31.6. The minimum atomic E-state index is -0.480. The molecule has 0 radical (unpaired) electrons. The molecule has 10 rings (SSSR count). The Morgan fingerprint density at radius 1 is 0.420 bits per heavy atom. The van der Waals surface area contributed by atoms with Gasteiger partial charge in [0.05, 0.1) is 34.6 Å². The molecule has 0 saturated heterocycles. The van der Waals surface area contributed by atoms with E-state index in [2.05, 4.69) is 95.6 Å². The first kappa shape index (κ1) is 23.5. The first-order valence-electron chi connectivity index (χ1n) is 18.9. The van der Waals surface area contributed by atoms with Crippen molar-refractivity contribution in [2.45, 2.75) is 0 Å². The van der Waals surface area contributed by atoms with E-state index in [0.717, 1.165) is 60.4 Å². The maximum absolute atomic E-state index is 8.80. The minimum absolute atomic E-state index is 0.0150. The van der Waals surface area contributed by atoms with E-state index in [1.807, 2.05) is 59.2 Å². The van der Waals surface area contributed by atoms with E-state index in [-0.39, 0.29) is 29.4 Å². The molecule has 7 aromatic carbocycles. The molecule has 5 heteroatoms. The molecule has 3 heterocycles. The predicted octanol–water partition coefficient (Wildman–Crippen LogP) is 11.1. The fourth-order valence-electron chi connectivity index (χ4n) is 7.16. The molecule has 5 nitrogen and oxygen atoms in total. The van der Waals surface area contributed by atoms with Crippen LogP contribution in [0.4, 0.5) is 0 Å². The molecule has 0 bridgehead atoms. The molecule has 3 aromatic heterocycles. The molecule has 50 heavy (non-hydrogen) atoms. The van der Waals surface area contributed by atoms with E-state index in [4.69, 9.17) is 21.8 Å². The average molecular weight is 645 g/mol. The predicted molar refractivity (Wildman–Crippen MR) is 205 cm³/mol. The van der Waals surface area contributed by atoms with Crippen LogP contribution in [0, 0.1) is 0 Å². The van der Waals surface area contributed by atoms with Crippen LogP contribution in [-0.2, 0) is 0 Å². The molecule has 0 amide bonds. The van der Waals surface area contributed by atoms with Gasteiger partial charge in [-0.1, -0.05) is 152 Å². The molecule has 0 atom stereocenters. The van der Waals surface area contributed by atoms with Crippen LogP contribution in [-0.4, -0.2) is 24.1 Å². The minimum Gasteiger partial charge on any atom is -0.308 e. The van der Waals surface area contributed by atoms with E-state index in [1.165, 1.54) is 0 Å². The standard InChI is InChI=1S/C45H29N5/c1-4-16-30(17-5-1)33-22-10-13-25-37(33)49-38-26-14-11-23-34(38)35-28-29-40-41(42(35)49)36-24-12-15-27-39(36)50(40)45-47-43(31-18-6-2-7-19-31)46-44(48-45)32-20-8-3-9-21-32/h1-29H/i2D,6D,7D,18D,19D. The first-order chi connectivity index (χ1) is 26.9. The summed E-state index contributed by atoms with van der Waals surface area (Å²) in [4.78, 5) is 14.7. The lowest BCUT2D eigenvalue weighted by Crippen LogP contribution is -2.06. The smallest absolute Gasteiger partial charge is 0.238 e. The van der Waals surface area contributed by atoms with Gasteiger partial charge in [0.25, 0.3) is 0 Å². The summed E-state index contributed by atoms with van der Waals surface area (Å²) in [7, 11) is 0. The molecule has 0 N–H and O–H groups in total. The van der Waals surface area contributed by atoms with Crippen LogP contribution in [0.25, 0.3) is 89.2 Å². The number of benzene rings is 7. The third-order valence-corrected chi connectivity index (χ3v) is 9.28. The van der Waals surface area contributed by atoms with Gasteiger partial charge in [0.1, 0.15) is 0 Å². The molecule has 10 aromatic rings. The van der Waals surface area contributed by atoms with Gasteiger partial charge < -0.3 is 4.57 Å². The lowest BCUT2D eigenvalue weighted by atomic mass is 10.0. The van der Waals surface area contributed by atoms with Crippen molar-refractivity contribution in [1.82, 2.24) is 24.1 Å². The second-order valence-electron chi connectivity index (χ2n) is 12.1. The number of para-hydroxylation sites is 3. The van der Waals surface area contributed by atoms with Crippen LogP contribution in [0.15, 0.2) is 176 Å². The van der Waals surface area contributed by atoms with Gasteiger partial charge in [-0.05, 0) is 29.8 Å². The molecule has 234 valence electrons. The van der Waals surface area contributed by atoms with Crippen LogP contribution >= 0.6 is 0 Å².